The van der Waals surface area contributed by atoms with E-state index >= 15 is 0 Å². The number of nitrogens with two attached hydrogens (primary N) is 1. The normalized spacial score (nSPS) is 10.7. The minimum atomic E-state index is -0.609. The van der Waals surface area contributed by atoms with Gasteiger partial charge >= 0.3 is 0 Å². The van der Waals surface area contributed by atoms with Crippen molar-refractivity contribution in [2.24, 2.45) is 5.73 Å². The SMILES string of the molecule is Cc1c(C#CCN)cccc1C(=O)N(C)C(C)(C)CO. The number of hydrogen-bond acceptors (Lipinski definition) is 3. The molecule has 0 heterocycles. The molecule has 20 heavy (non-hydrogen) atoms. The summed E-state index contributed by atoms with van der Waals surface area (Å²) in [5, 5.41) is 9.37. The third-order valence-corrected chi connectivity index (χ3v) is 3.49. The Balaban J connectivity index is 3.18. The fraction of sp³-hybridized carbons (Fsp3) is 0.438. The van der Waals surface area contributed by atoms with Gasteiger partial charge in [-0.1, -0.05) is 17.9 Å². The van der Waals surface area contributed by atoms with E-state index in [0.717, 1.165) is 11.1 Å². The number of rotatable bonds is 3. The lowest BCUT2D eigenvalue weighted by atomic mass is 9.98. The van der Waals surface area contributed by atoms with Crippen molar-refractivity contribution < 1.29 is 9.90 Å². The summed E-state index contributed by atoms with van der Waals surface area (Å²) in [5.41, 5.74) is 6.99. The van der Waals surface area contributed by atoms with Crippen molar-refractivity contribution >= 4 is 5.91 Å². The molecule has 0 aliphatic heterocycles. The molecule has 0 unspecified atom stereocenters. The van der Waals surface area contributed by atoms with Crippen LogP contribution < -0.4 is 5.73 Å². The summed E-state index contributed by atoms with van der Waals surface area (Å²) in [6, 6.07) is 5.45. The summed E-state index contributed by atoms with van der Waals surface area (Å²) in [7, 11) is 1.69. The molecule has 4 heteroatoms. The maximum absolute atomic E-state index is 12.5. The van der Waals surface area contributed by atoms with E-state index in [0.29, 0.717) is 5.56 Å². The molecule has 1 aromatic carbocycles. The van der Waals surface area contributed by atoms with Gasteiger partial charge in [0.05, 0.1) is 18.7 Å². The van der Waals surface area contributed by atoms with E-state index in [4.69, 9.17) is 5.73 Å². The van der Waals surface area contributed by atoms with Crippen molar-refractivity contribution in [3.8, 4) is 11.8 Å². The summed E-state index contributed by atoms with van der Waals surface area (Å²) >= 11 is 0. The highest BCUT2D eigenvalue weighted by Gasteiger charge is 2.28. The average Bonchev–Trinajstić information content (AvgIpc) is 2.44. The Morgan fingerprint density at radius 2 is 2.10 bits per heavy atom. The van der Waals surface area contributed by atoms with Crippen LogP contribution in [0.25, 0.3) is 0 Å². The number of benzene rings is 1. The van der Waals surface area contributed by atoms with Gasteiger partial charge in [-0.15, -0.1) is 0 Å². The highest BCUT2D eigenvalue weighted by atomic mass is 16.3. The minimum absolute atomic E-state index is 0.0963. The molecule has 0 atom stereocenters. The fourth-order valence-electron chi connectivity index (χ4n) is 1.71. The van der Waals surface area contributed by atoms with Crippen LogP contribution in [0.4, 0.5) is 0 Å². The first-order valence-electron chi connectivity index (χ1n) is 6.52. The van der Waals surface area contributed by atoms with Gasteiger partial charge in [0.1, 0.15) is 0 Å². The summed E-state index contributed by atoms with van der Waals surface area (Å²) in [4.78, 5) is 14.1. The molecule has 0 saturated carbocycles. The van der Waals surface area contributed by atoms with Crippen LogP contribution in [0.5, 0.6) is 0 Å². The lowest BCUT2D eigenvalue weighted by Crippen LogP contribution is -2.47. The Morgan fingerprint density at radius 1 is 1.45 bits per heavy atom. The molecular weight excluding hydrogens is 252 g/mol. The molecule has 0 spiro atoms. The summed E-state index contributed by atoms with van der Waals surface area (Å²) in [6.07, 6.45) is 0. The highest BCUT2D eigenvalue weighted by Crippen LogP contribution is 2.19. The van der Waals surface area contributed by atoms with Crippen LogP contribution in [0.15, 0.2) is 18.2 Å². The Morgan fingerprint density at radius 3 is 2.65 bits per heavy atom. The average molecular weight is 274 g/mol. The molecule has 0 radical (unpaired) electrons. The first-order chi connectivity index (χ1) is 9.35. The number of carbonyl (C=O) groups is 1. The number of aliphatic hydroxyl groups is 1. The van der Waals surface area contributed by atoms with Crippen LogP contribution in [-0.4, -0.2) is 41.7 Å². The molecule has 0 aromatic heterocycles. The van der Waals surface area contributed by atoms with E-state index in [1.165, 1.54) is 0 Å². The maximum Gasteiger partial charge on any atom is 0.254 e. The van der Waals surface area contributed by atoms with Crippen LogP contribution in [0.3, 0.4) is 0 Å². The zero-order chi connectivity index (χ0) is 15.3. The van der Waals surface area contributed by atoms with Gasteiger partial charge < -0.3 is 15.7 Å². The zero-order valence-corrected chi connectivity index (χ0v) is 12.5. The Bertz CT molecular complexity index is 553. The standard InChI is InChI=1S/C16H22N2O2/c1-12-13(8-6-10-17)7-5-9-14(12)15(20)18(4)16(2,3)11-19/h5,7,9,19H,10-11,17H2,1-4H3. The molecular formula is C16H22N2O2. The van der Waals surface area contributed by atoms with E-state index in [1.54, 1.807) is 24.1 Å². The van der Waals surface area contributed by atoms with Gasteiger partial charge in [0.25, 0.3) is 5.91 Å². The van der Waals surface area contributed by atoms with Crippen LogP contribution in [0, 0.1) is 18.8 Å². The first-order valence-corrected chi connectivity index (χ1v) is 6.52. The molecule has 0 aliphatic rings. The lowest BCUT2D eigenvalue weighted by molar-refractivity contribution is 0.0472. The van der Waals surface area contributed by atoms with E-state index in [9.17, 15) is 9.90 Å². The van der Waals surface area contributed by atoms with Crippen LogP contribution in [-0.2, 0) is 0 Å². The summed E-state index contributed by atoms with van der Waals surface area (Å²) in [5.74, 6) is 5.63. The third kappa shape index (κ3) is 3.38. The first kappa shape index (κ1) is 16.2. The molecule has 1 rings (SSSR count). The van der Waals surface area contributed by atoms with Crippen molar-refractivity contribution in [2.75, 3.05) is 20.2 Å². The van der Waals surface area contributed by atoms with Crippen molar-refractivity contribution in [1.82, 2.24) is 4.90 Å². The Hall–Kier alpha value is -1.83. The van der Waals surface area contributed by atoms with E-state index in [-0.39, 0.29) is 19.1 Å². The van der Waals surface area contributed by atoms with E-state index < -0.39 is 5.54 Å². The molecule has 0 bridgehead atoms. The van der Waals surface area contributed by atoms with E-state index in [2.05, 4.69) is 11.8 Å². The summed E-state index contributed by atoms with van der Waals surface area (Å²) < 4.78 is 0. The number of carbonyl (C=O) groups excluding carboxylic acids is 1. The monoisotopic (exact) mass is 274 g/mol. The number of hydrogen-bond donors (Lipinski definition) is 2. The van der Waals surface area contributed by atoms with Crippen LogP contribution in [0.2, 0.25) is 0 Å². The van der Waals surface area contributed by atoms with Gasteiger partial charge in [-0.05, 0) is 38.5 Å². The number of amides is 1. The van der Waals surface area contributed by atoms with Gasteiger partial charge in [0.15, 0.2) is 0 Å². The molecule has 0 aliphatic carbocycles. The second-order valence-corrected chi connectivity index (χ2v) is 5.32. The number of aliphatic hydroxyl groups excluding tert-OH is 1. The minimum Gasteiger partial charge on any atom is -0.394 e. The molecule has 1 aromatic rings. The largest absolute Gasteiger partial charge is 0.394 e. The topological polar surface area (TPSA) is 66.6 Å². The molecule has 0 fully saturated rings. The third-order valence-electron chi connectivity index (χ3n) is 3.49. The van der Waals surface area contributed by atoms with Gasteiger partial charge in [-0.25, -0.2) is 0 Å². The van der Waals surface area contributed by atoms with Crippen molar-refractivity contribution in [3.05, 3.63) is 34.9 Å². The van der Waals surface area contributed by atoms with Gasteiger partial charge in [0.2, 0.25) is 0 Å². The Labute approximate surface area is 120 Å². The van der Waals surface area contributed by atoms with E-state index in [1.807, 2.05) is 26.8 Å². The molecule has 3 N–H and O–H groups in total. The van der Waals surface area contributed by atoms with Crippen molar-refractivity contribution in [3.63, 3.8) is 0 Å². The molecule has 108 valence electrons. The second-order valence-electron chi connectivity index (χ2n) is 5.32. The number of likely N-dealkylation sites (N-methyl/N-ethyl adjacent to an activating group) is 1. The summed E-state index contributed by atoms with van der Waals surface area (Å²) in [6.45, 7) is 5.69. The lowest BCUT2D eigenvalue weighted by Gasteiger charge is -2.34. The second kappa shape index (κ2) is 6.56. The predicted octanol–water partition coefficient (Wildman–Crippen LogP) is 1.15. The smallest absolute Gasteiger partial charge is 0.254 e. The Kier molecular flexibility index (Phi) is 5.32. The van der Waals surface area contributed by atoms with Gasteiger partial charge in [-0.2, -0.15) is 0 Å². The molecule has 4 nitrogen and oxygen atoms in total. The predicted molar refractivity (Wildman–Crippen MR) is 80.4 cm³/mol. The van der Waals surface area contributed by atoms with Crippen LogP contribution in [0.1, 0.15) is 35.3 Å². The van der Waals surface area contributed by atoms with Crippen LogP contribution >= 0.6 is 0 Å². The molecule has 0 saturated heterocycles. The van der Waals surface area contributed by atoms with Crippen molar-refractivity contribution in [1.29, 1.82) is 0 Å². The highest BCUT2D eigenvalue weighted by molar-refractivity contribution is 5.96. The van der Waals surface area contributed by atoms with Crippen molar-refractivity contribution in [2.45, 2.75) is 26.3 Å². The zero-order valence-electron chi connectivity index (χ0n) is 12.5. The molecule has 1 amide bonds. The quantitative estimate of drug-likeness (QED) is 0.813. The van der Waals surface area contributed by atoms with Gasteiger partial charge in [0, 0.05) is 18.2 Å². The maximum atomic E-state index is 12.5. The fourth-order valence-corrected chi connectivity index (χ4v) is 1.71. The number of nitrogens with zero attached hydrogens (tertiary/aromatic N) is 1. The van der Waals surface area contributed by atoms with Gasteiger partial charge in [-0.3, -0.25) is 4.79 Å².